The van der Waals surface area contributed by atoms with E-state index in [1.807, 2.05) is 39.1 Å². The van der Waals surface area contributed by atoms with Gasteiger partial charge >= 0.3 is 0 Å². The topological polar surface area (TPSA) is 161 Å². The third-order valence-corrected chi connectivity index (χ3v) is 16.2. The zero-order valence-electron chi connectivity index (χ0n) is 39.3. The molecule has 0 amide bonds. The van der Waals surface area contributed by atoms with Crippen LogP contribution in [0.2, 0.25) is 0 Å². The number of nitrogens with one attached hydrogen (secondary N) is 2. The minimum atomic E-state index is -1.24. The second-order valence-electron chi connectivity index (χ2n) is 19.9. The van der Waals surface area contributed by atoms with Crippen LogP contribution in [-0.2, 0) is 27.1 Å². The summed E-state index contributed by atoms with van der Waals surface area (Å²) in [7, 11) is 3.63. The third-order valence-electron chi connectivity index (χ3n) is 16.2. The number of hydrogen-bond donors (Lipinski definition) is 7. The lowest BCUT2D eigenvalue weighted by Gasteiger charge is -2.61. The molecule has 1 spiro atoms. The normalized spacial score (nSPS) is 34.7. The lowest BCUT2D eigenvalue weighted by Crippen LogP contribution is -2.65. The molecule has 1 aromatic rings. The fourth-order valence-corrected chi connectivity index (χ4v) is 12.9. The van der Waals surface area contributed by atoms with Crippen LogP contribution >= 0.6 is 0 Å². The van der Waals surface area contributed by atoms with Crippen molar-refractivity contribution in [1.29, 1.82) is 0 Å². The molecular formula is C54H80N2O8. The number of fused-ring (bicyclic) bond motifs is 5. The molecule has 0 saturated heterocycles. The van der Waals surface area contributed by atoms with Crippen LogP contribution in [-0.4, -0.2) is 109 Å². The van der Waals surface area contributed by atoms with Gasteiger partial charge in [0.1, 0.15) is 12.5 Å². The van der Waals surface area contributed by atoms with Gasteiger partial charge in [0.05, 0.1) is 31.5 Å². The van der Waals surface area contributed by atoms with Crippen molar-refractivity contribution in [1.82, 2.24) is 10.6 Å². The molecule has 10 atom stereocenters. The second-order valence-corrected chi connectivity index (χ2v) is 19.9. The SMILES string of the molecule is C=C(C=CC=C(COCCO)C1CCC2(C1O)C1C(=C(C)C=O)C(C=CC1CCO)CC2(O)CCNC)C1CC=C(C)C(O)NC(CCOC)(C2CCCCC2)Cc2cccc(c2)C1. The lowest BCUT2D eigenvalue weighted by molar-refractivity contribution is -0.194. The van der Waals surface area contributed by atoms with Gasteiger partial charge in [-0.25, -0.2) is 0 Å². The van der Waals surface area contributed by atoms with E-state index in [0.717, 1.165) is 60.7 Å². The van der Waals surface area contributed by atoms with Crippen LogP contribution in [0, 0.1) is 40.9 Å². The van der Waals surface area contributed by atoms with Crippen molar-refractivity contribution < 1.29 is 39.8 Å². The fraction of sp³-hybridized carbons (Fsp3) is 0.648. The van der Waals surface area contributed by atoms with Crippen LogP contribution in [0.1, 0.15) is 102 Å². The summed E-state index contributed by atoms with van der Waals surface area (Å²) in [5, 5.41) is 64.6. The first-order valence-electron chi connectivity index (χ1n) is 24.3. The summed E-state index contributed by atoms with van der Waals surface area (Å²) in [6.45, 7) is 9.81. The zero-order chi connectivity index (χ0) is 45.9. The van der Waals surface area contributed by atoms with E-state index in [1.54, 1.807) is 7.11 Å². The van der Waals surface area contributed by atoms with E-state index in [4.69, 9.17) is 9.47 Å². The summed E-state index contributed by atoms with van der Waals surface area (Å²) in [6.07, 6.45) is 23.1. The summed E-state index contributed by atoms with van der Waals surface area (Å²) in [4.78, 5) is 12.5. The number of benzene rings is 1. The average Bonchev–Trinajstić information content (AvgIpc) is 3.64. The maximum atomic E-state index is 13.0. The van der Waals surface area contributed by atoms with E-state index in [1.165, 1.54) is 30.4 Å². The Labute approximate surface area is 383 Å². The molecule has 1 aromatic carbocycles. The van der Waals surface area contributed by atoms with E-state index < -0.39 is 23.3 Å². The number of carbonyl (C=O) groups excluding carboxylic acids is 1. The predicted octanol–water partition coefficient (Wildman–Crippen LogP) is 6.87. The zero-order valence-corrected chi connectivity index (χ0v) is 39.3. The Hall–Kier alpha value is -3.03. The van der Waals surface area contributed by atoms with Gasteiger partial charge in [-0.05, 0) is 150 Å². The Bertz CT molecular complexity index is 1880. The maximum absolute atomic E-state index is 13.0. The molecule has 10 nitrogen and oxygen atoms in total. The third kappa shape index (κ3) is 10.9. The molecule has 0 radical (unpaired) electrons. The average molecular weight is 885 g/mol. The highest BCUT2D eigenvalue weighted by Crippen LogP contribution is 2.67. The van der Waals surface area contributed by atoms with Gasteiger partial charge in [-0.1, -0.05) is 97.7 Å². The Morgan fingerprint density at radius 2 is 1.83 bits per heavy atom. The number of rotatable bonds is 18. The molecule has 4 bridgehead atoms. The summed E-state index contributed by atoms with van der Waals surface area (Å²) in [5.41, 5.74) is 4.32. The number of aldehydes is 1. The van der Waals surface area contributed by atoms with Crippen LogP contribution in [0.3, 0.4) is 0 Å². The standard InChI is InChI=1S/C54H80N2O8/c1-37(43-18-17-38(2)51(61)56-52(25-29-63-5,46-15-7-6-8-16-46)33-41-13-10-12-40(31-41)32-43)11-9-14-45(36-64-30-28-58)47-21-23-54(50(47)60)49-42(22-27-57)19-20-44(48(49)39(3)35-59)34-53(54,62)24-26-55-4/h9-14,17,19-20,31,35,42-44,46-47,49-51,55-58,60-62H,1,6-8,15-16,18,21-30,32-34,36H2,2-5H3. The largest absolute Gasteiger partial charge is 0.396 e. The van der Waals surface area contributed by atoms with Crippen molar-refractivity contribution in [3.63, 3.8) is 0 Å². The number of methoxy groups -OCH3 is 1. The highest BCUT2D eigenvalue weighted by molar-refractivity contribution is 5.74. The Balaban J connectivity index is 1.31. The molecule has 354 valence electrons. The first kappa shape index (κ1) is 50.4. The van der Waals surface area contributed by atoms with Crippen molar-refractivity contribution in [2.75, 3.05) is 53.7 Å². The van der Waals surface area contributed by atoms with E-state index in [2.05, 4.69) is 59.7 Å². The van der Waals surface area contributed by atoms with Crippen molar-refractivity contribution in [3.8, 4) is 0 Å². The molecule has 3 saturated carbocycles. The van der Waals surface area contributed by atoms with Crippen molar-refractivity contribution in [3.05, 3.63) is 106 Å². The van der Waals surface area contributed by atoms with Gasteiger partial charge in [0.15, 0.2) is 0 Å². The van der Waals surface area contributed by atoms with Crippen LogP contribution in [0.25, 0.3) is 0 Å². The molecular weight excluding hydrogens is 805 g/mol. The fourth-order valence-electron chi connectivity index (χ4n) is 12.9. The van der Waals surface area contributed by atoms with E-state index in [9.17, 15) is 30.3 Å². The van der Waals surface area contributed by atoms with Gasteiger partial charge in [-0.3, -0.25) is 10.1 Å². The second kappa shape index (κ2) is 23.1. The van der Waals surface area contributed by atoms with E-state index >= 15 is 0 Å². The van der Waals surface area contributed by atoms with Gasteiger partial charge in [0.25, 0.3) is 0 Å². The molecule has 5 aliphatic rings. The predicted molar refractivity (Wildman–Crippen MR) is 254 cm³/mol. The lowest BCUT2D eigenvalue weighted by atomic mass is 9.45. The van der Waals surface area contributed by atoms with Crippen molar-refractivity contribution >= 4 is 6.29 Å². The molecule has 10 heteroatoms. The highest BCUT2D eigenvalue weighted by atomic mass is 16.5. The number of aliphatic hydroxyl groups excluding tert-OH is 4. The number of aliphatic hydroxyl groups is 5. The summed E-state index contributed by atoms with van der Waals surface area (Å²) in [5.74, 6) is -0.477. The quantitative estimate of drug-likeness (QED) is 0.0273. The molecule has 3 fully saturated rings. The molecule has 1 aliphatic heterocycles. The number of hydrogen-bond acceptors (Lipinski definition) is 10. The van der Waals surface area contributed by atoms with Crippen LogP contribution in [0.15, 0.2) is 95.2 Å². The summed E-state index contributed by atoms with van der Waals surface area (Å²) < 4.78 is 11.7. The molecule has 0 aromatic heterocycles. The van der Waals surface area contributed by atoms with Gasteiger partial charge in [-0.2, -0.15) is 0 Å². The Kier molecular flexibility index (Phi) is 18.2. The van der Waals surface area contributed by atoms with Crippen LogP contribution in [0.4, 0.5) is 0 Å². The number of allylic oxidation sites excluding steroid dienone is 9. The summed E-state index contributed by atoms with van der Waals surface area (Å²) >= 11 is 0. The van der Waals surface area contributed by atoms with Gasteiger partial charge in [0.2, 0.25) is 0 Å². The highest BCUT2D eigenvalue weighted by Gasteiger charge is 2.68. The molecule has 1 heterocycles. The van der Waals surface area contributed by atoms with Gasteiger partial charge < -0.3 is 40.3 Å². The molecule has 10 unspecified atom stereocenters. The van der Waals surface area contributed by atoms with Gasteiger partial charge in [-0.15, -0.1) is 0 Å². The molecule has 64 heavy (non-hydrogen) atoms. The monoisotopic (exact) mass is 885 g/mol. The number of ether oxygens (including phenoxy) is 2. The van der Waals surface area contributed by atoms with E-state index in [-0.39, 0.29) is 61.6 Å². The molecule has 6 rings (SSSR count). The molecule has 4 aliphatic carbocycles. The summed E-state index contributed by atoms with van der Waals surface area (Å²) in [6, 6.07) is 8.93. The smallest absolute Gasteiger partial charge is 0.145 e. The first-order chi connectivity index (χ1) is 30.9. The van der Waals surface area contributed by atoms with Gasteiger partial charge in [0, 0.05) is 43.1 Å². The van der Waals surface area contributed by atoms with Crippen molar-refractivity contribution in [2.24, 2.45) is 40.9 Å². The Morgan fingerprint density at radius 3 is 2.55 bits per heavy atom. The molecule has 7 N–H and O–H groups in total. The van der Waals surface area contributed by atoms with Crippen molar-refractivity contribution in [2.45, 2.75) is 127 Å². The minimum absolute atomic E-state index is 0.0434. The van der Waals surface area contributed by atoms with Crippen LogP contribution < -0.4 is 10.6 Å². The van der Waals surface area contributed by atoms with Crippen LogP contribution in [0.5, 0.6) is 0 Å². The Morgan fingerprint density at radius 1 is 1.05 bits per heavy atom. The first-order valence-corrected chi connectivity index (χ1v) is 24.3. The van der Waals surface area contributed by atoms with E-state index in [0.29, 0.717) is 63.2 Å². The minimum Gasteiger partial charge on any atom is -0.396 e. The maximum Gasteiger partial charge on any atom is 0.145 e. The number of carbonyl (C=O) groups is 1.